The van der Waals surface area contributed by atoms with Crippen LogP contribution in [0, 0.1) is 5.41 Å². The molecule has 3 heterocycles. The van der Waals surface area contributed by atoms with Gasteiger partial charge in [-0.1, -0.05) is 26.0 Å². The first-order valence-electron chi connectivity index (χ1n) is 8.36. The van der Waals surface area contributed by atoms with Gasteiger partial charge in [0.1, 0.15) is 6.54 Å². The highest BCUT2D eigenvalue weighted by atomic mass is 16.6. The topological polar surface area (TPSA) is 46.9 Å². The number of carbonyl (C=O) groups excluding carboxylic acids is 1. The van der Waals surface area contributed by atoms with Crippen molar-refractivity contribution in [1.29, 1.82) is 0 Å². The summed E-state index contributed by atoms with van der Waals surface area (Å²) in [6, 6.07) is 6.10. The second-order valence-corrected chi connectivity index (χ2v) is 7.79. The molecular weight excluding hydrogens is 288 g/mol. The maximum absolute atomic E-state index is 12.5. The summed E-state index contributed by atoms with van der Waals surface area (Å²) in [6.07, 6.45) is 2.29. The lowest BCUT2D eigenvalue weighted by Gasteiger charge is -2.31. The molecule has 1 fully saturated rings. The van der Waals surface area contributed by atoms with Crippen LogP contribution in [0.4, 0.5) is 0 Å². The van der Waals surface area contributed by atoms with Crippen LogP contribution in [0.25, 0.3) is 10.9 Å². The Morgan fingerprint density at radius 2 is 2.17 bits per heavy atom. The number of nitrogens with zero attached hydrogens (tertiary/aromatic N) is 2. The summed E-state index contributed by atoms with van der Waals surface area (Å²) in [5.41, 5.74) is 5.89. The van der Waals surface area contributed by atoms with Crippen molar-refractivity contribution >= 4 is 22.4 Å². The minimum atomic E-state index is 0.137. The van der Waals surface area contributed by atoms with E-state index in [1.165, 1.54) is 16.8 Å². The van der Waals surface area contributed by atoms with E-state index in [1.54, 1.807) is 0 Å². The fraction of sp³-hybridized carbons (Fsp3) is 0.474. The van der Waals surface area contributed by atoms with E-state index in [9.17, 15) is 4.79 Å². The molecule has 4 nitrogen and oxygen atoms in total. The number of ether oxygens (including phenoxy) is 1. The van der Waals surface area contributed by atoms with Gasteiger partial charge in [0, 0.05) is 33.4 Å². The van der Waals surface area contributed by atoms with E-state index in [-0.39, 0.29) is 17.7 Å². The quantitative estimate of drug-likeness (QED) is 0.801. The molecule has 1 unspecified atom stereocenters. The molecule has 3 aliphatic rings. The van der Waals surface area contributed by atoms with Gasteiger partial charge in [0.05, 0.1) is 19.3 Å². The van der Waals surface area contributed by atoms with Crippen LogP contribution in [-0.4, -0.2) is 35.3 Å². The largest absolute Gasteiger partial charge is 0.371 e. The van der Waals surface area contributed by atoms with E-state index in [0.29, 0.717) is 6.10 Å². The highest BCUT2D eigenvalue weighted by molar-refractivity contribution is 6.22. The van der Waals surface area contributed by atoms with Crippen molar-refractivity contribution in [3.63, 3.8) is 0 Å². The van der Waals surface area contributed by atoms with Crippen molar-refractivity contribution in [2.24, 2.45) is 10.4 Å². The molecule has 2 aliphatic heterocycles. The Balaban J connectivity index is 1.88. The van der Waals surface area contributed by atoms with Crippen LogP contribution >= 0.6 is 0 Å². The fourth-order valence-corrected chi connectivity index (χ4v) is 4.21. The van der Waals surface area contributed by atoms with E-state index in [4.69, 9.17) is 9.73 Å². The lowest BCUT2D eigenvalue weighted by molar-refractivity contribution is 0.100. The third-order valence-corrected chi connectivity index (χ3v) is 5.28. The molecular formula is C19H20N2O2. The summed E-state index contributed by atoms with van der Waals surface area (Å²) in [5.74, 6) is 0.137. The van der Waals surface area contributed by atoms with Gasteiger partial charge in [0.25, 0.3) is 0 Å². The molecule has 0 radical (unpaired) electrons. The summed E-state index contributed by atoms with van der Waals surface area (Å²) in [7, 11) is 0. The monoisotopic (exact) mass is 308 g/mol. The average Bonchev–Trinajstić information content (AvgIpc) is 3.28. The van der Waals surface area contributed by atoms with Crippen LogP contribution < -0.4 is 0 Å². The average molecular weight is 308 g/mol. The number of Topliss-reactive ketones (excluding diaryl/α,β-unsaturated/α-hetero) is 1. The SMILES string of the molecule is CC1(C)CC2=NCC(=O)c3cccc4c3c2c(n4CC2CO2)C1. The van der Waals surface area contributed by atoms with Crippen LogP contribution in [0.5, 0.6) is 0 Å². The van der Waals surface area contributed by atoms with Crippen LogP contribution in [0.15, 0.2) is 23.2 Å². The molecule has 0 N–H and O–H groups in total. The van der Waals surface area contributed by atoms with Gasteiger partial charge in [-0.25, -0.2) is 0 Å². The normalized spacial score (nSPS) is 24.5. The molecule has 5 rings (SSSR count). The number of ketones is 1. The molecule has 0 bridgehead atoms. The predicted octanol–water partition coefficient (Wildman–Crippen LogP) is 3.00. The van der Waals surface area contributed by atoms with Crippen LogP contribution in [0.1, 0.15) is 41.9 Å². The van der Waals surface area contributed by atoms with Gasteiger partial charge in [-0.05, 0) is 24.3 Å². The molecule has 118 valence electrons. The first-order chi connectivity index (χ1) is 11.0. The fourth-order valence-electron chi connectivity index (χ4n) is 4.21. The molecule has 1 atom stereocenters. The number of benzene rings is 1. The van der Waals surface area contributed by atoms with Gasteiger partial charge < -0.3 is 9.30 Å². The second-order valence-electron chi connectivity index (χ2n) is 7.79. The predicted molar refractivity (Wildman–Crippen MR) is 89.5 cm³/mol. The first kappa shape index (κ1) is 13.5. The highest BCUT2D eigenvalue weighted by Gasteiger charge is 2.37. The zero-order valence-corrected chi connectivity index (χ0v) is 13.6. The Morgan fingerprint density at radius 3 is 2.96 bits per heavy atom. The zero-order chi connectivity index (χ0) is 15.8. The van der Waals surface area contributed by atoms with Gasteiger partial charge in [0.15, 0.2) is 5.78 Å². The van der Waals surface area contributed by atoms with E-state index < -0.39 is 0 Å². The number of aromatic nitrogens is 1. The lowest BCUT2D eigenvalue weighted by atomic mass is 9.75. The van der Waals surface area contributed by atoms with Crippen molar-refractivity contribution in [2.45, 2.75) is 39.3 Å². The number of hydrogen-bond donors (Lipinski definition) is 0. The number of epoxide rings is 1. The first-order valence-corrected chi connectivity index (χ1v) is 8.36. The standard InChI is InChI=1S/C19H20N2O2/c1-19(2)6-13-18-15(7-19)21(9-11-10-23-11)14-5-3-4-12(17(14)18)16(22)8-20-13/h3-5,11H,6-10H2,1-2H3. The lowest BCUT2D eigenvalue weighted by Crippen LogP contribution is -2.29. The van der Waals surface area contributed by atoms with Crippen LogP contribution in [0.3, 0.4) is 0 Å². The maximum atomic E-state index is 12.5. The van der Waals surface area contributed by atoms with Gasteiger partial charge in [-0.2, -0.15) is 0 Å². The third-order valence-electron chi connectivity index (χ3n) is 5.28. The van der Waals surface area contributed by atoms with E-state index >= 15 is 0 Å². The molecule has 1 aliphatic carbocycles. The second kappa shape index (κ2) is 4.32. The van der Waals surface area contributed by atoms with E-state index in [0.717, 1.165) is 42.7 Å². The Labute approximate surface area is 135 Å². The van der Waals surface area contributed by atoms with E-state index in [2.05, 4.69) is 24.5 Å². The minimum absolute atomic E-state index is 0.137. The van der Waals surface area contributed by atoms with Crippen molar-refractivity contribution in [2.75, 3.05) is 13.2 Å². The number of rotatable bonds is 2. The zero-order valence-electron chi connectivity index (χ0n) is 13.6. The van der Waals surface area contributed by atoms with Crippen LogP contribution in [-0.2, 0) is 17.7 Å². The van der Waals surface area contributed by atoms with Crippen molar-refractivity contribution in [3.8, 4) is 0 Å². The molecule has 23 heavy (non-hydrogen) atoms. The Bertz CT molecular complexity index is 884. The summed E-state index contributed by atoms with van der Waals surface area (Å²) in [5, 5.41) is 1.12. The summed E-state index contributed by atoms with van der Waals surface area (Å²) < 4.78 is 7.86. The Morgan fingerprint density at radius 1 is 1.35 bits per heavy atom. The number of carbonyl (C=O) groups is 1. The molecule has 2 aromatic rings. The smallest absolute Gasteiger partial charge is 0.184 e. The summed E-state index contributed by atoms with van der Waals surface area (Å²) in [4.78, 5) is 17.3. The molecule has 0 saturated carbocycles. The summed E-state index contributed by atoms with van der Waals surface area (Å²) in [6.45, 7) is 6.60. The maximum Gasteiger partial charge on any atom is 0.184 e. The number of aliphatic imine (C=N–C) groups is 1. The molecule has 1 saturated heterocycles. The van der Waals surface area contributed by atoms with Gasteiger partial charge in [0.2, 0.25) is 0 Å². The van der Waals surface area contributed by atoms with Crippen molar-refractivity contribution in [1.82, 2.24) is 4.57 Å². The molecule has 0 spiro atoms. The van der Waals surface area contributed by atoms with Crippen LogP contribution in [0.2, 0.25) is 0 Å². The van der Waals surface area contributed by atoms with Crippen molar-refractivity contribution < 1.29 is 9.53 Å². The van der Waals surface area contributed by atoms with Crippen molar-refractivity contribution in [3.05, 3.63) is 35.0 Å². The number of hydrogen-bond acceptors (Lipinski definition) is 3. The van der Waals surface area contributed by atoms with E-state index in [1.807, 2.05) is 12.1 Å². The highest BCUT2D eigenvalue weighted by Crippen LogP contribution is 2.42. The Kier molecular flexibility index (Phi) is 2.54. The minimum Gasteiger partial charge on any atom is -0.371 e. The van der Waals surface area contributed by atoms with Gasteiger partial charge in [-0.15, -0.1) is 0 Å². The Hall–Kier alpha value is -1.94. The van der Waals surface area contributed by atoms with Gasteiger partial charge in [-0.3, -0.25) is 9.79 Å². The summed E-state index contributed by atoms with van der Waals surface area (Å²) >= 11 is 0. The van der Waals surface area contributed by atoms with Gasteiger partial charge >= 0.3 is 0 Å². The molecule has 1 aromatic heterocycles. The third kappa shape index (κ3) is 1.94. The molecule has 4 heteroatoms. The molecule has 0 amide bonds. The molecule has 1 aromatic carbocycles.